The third-order valence-electron chi connectivity index (χ3n) is 9.54. The van der Waals surface area contributed by atoms with Crippen LogP contribution in [0.15, 0.2) is 36.4 Å². The fourth-order valence-electron chi connectivity index (χ4n) is 6.30. The molecule has 11 nitrogen and oxygen atoms in total. The van der Waals surface area contributed by atoms with Gasteiger partial charge in [-0.15, -0.1) is 0 Å². The molecule has 5 bridgehead atoms. The minimum Gasteiger partial charge on any atom is -0.451 e. The summed E-state index contributed by atoms with van der Waals surface area (Å²) in [6, 6.07) is 7.76. The quantitative estimate of drug-likeness (QED) is 0.374. The highest BCUT2D eigenvalue weighted by molar-refractivity contribution is 5.92. The minimum atomic E-state index is -1.11. The van der Waals surface area contributed by atoms with Gasteiger partial charge in [0.1, 0.15) is 12.1 Å². The van der Waals surface area contributed by atoms with Crippen LogP contribution < -0.4 is 16.1 Å². The molecule has 45 heavy (non-hydrogen) atoms. The first-order valence-electron chi connectivity index (χ1n) is 16.2. The molecule has 1 aliphatic carbocycles. The number of nitrogens with zero attached hydrogens (tertiary/aromatic N) is 2. The van der Waals surface area contributed by atoms with E-state index < -0.39 is 41.6 Å². The Morgan fingerprint density at radius 1 is 1.02 bits per heavy atom. The highest BCUT2D eigenvalue weighted by Crippen LogP contribution is 2.40. The lowest BCUT2D eigenvalue weighted by atomic mass is 9.72. The van der Waals surface area contributed by atoms with E-state index in [2.05, 4.69) is 16.1 Å². The molecule has 242 valence electrons. The number of ether oxygens (including phenoxy) is 1. The normalized spacial score (nSPS) is 31.7. The molecule has 4 N–H and O–H groups in total. The molecule has 11 heteroatoms. The third kappa shape index (κ3) is 7.20. The van der Waals surface area contributed by atoms with Gasteiger partial charge in [0.15, 0.2) is 6.10 Å². The summed E-state index contributed by atoms with van der Waals surface area (Å²) in [5, 5.41) is 18.4. The van der Waals surface area contributed by atoms with Gasteiger partial charge in [-0.3, -0.25) is 29.2 Å². The van der Waals surface area contributed by atoms with Gasteiger partial charge in [0.2, 0.25) is 5.91 Å². The molecule has 3 amide bonds. The number of aromatic nitrogens is 1. The van der Waals surface area contributed by atoms with Crippen molar-refractivity contribution >= 4 is 40.7 Å². The molecule has 1 spiro atoms. The molecular formula is C34H45N5O6. The number of cyclic esters (lactones) is 1. The van der Waals surface area contributed by atoms with E-state index in [1.165, 1.54) is 5.01 Å². The van der Waals surface area contributed by atoms with Crippen LogP contribution in [0, 0.1) is 11.3 Å². The van der Waals surface area contributed by atoms with Crippen molar-refractivity contribution in [2.75, 3.05) is 6.54 Å². The van der Waals surface area contributed by atoms with Crippen LogP contribution in [0.5, 0.6) is 0 Å². The summed E-state index contributed by atoms with van der Waals surface area (Å²) in [5.74, 6) is -2.00. The molecule has 0 radical (unpaired) electrons. The highest BCUT2D eigenvalue weighted by Gasteiger charge is 2.44. The van der Waals surface area contributed by atoms with E-state index in [-0.39, 0.29) is 23.8 Å². The summed E-state index contributed by atoms with van der Waals surface area (Å²) in [5.41, 5.74) is 4.29. The average molecular weight is 620 g/mol. The molecule has 5 rings (SSSR count). The Labute approximate surface area is 264 Å². The summed E-state index contributed by atoms with van der Waals surface area (Å²) in [6.07, 6.45) is 5.46. The van der Waals surface area contributed by atoms with Gasteiger partial charge in [-0.05, 0) is 76.5 Å². The largest absolute Gasteiger partial charge is 0.451 e. The Kier molecular flexibility index (Phi) is 9.88. The lowest BCUT2D eigenvalue weighted by Crippen LogP contribution is -2.61. The number of fused-ring (bicyclic) bond motifs is 4. The summed E-state index contributed by atoms with van der Waals surface area (Å²) < 4.78 is 6.02. The predicted octanol–water partition coefficient (Wildman–Crippen LogP) is 3.32. The molecule has 3 heterocycles. The van der Waals surface area contributed by atoms with E-state index in [4.69, 9.17) is 9.72 Å². The number of pyridine rings is 1. The van der Waals surface area contributed by atoms with Crippen LogP contribution in [0.2, 0.25) is 0 Å². The number of benzene rings is 1. The molecule has 1 saturated carbocycles. The van der Waals surface area contributed by atoms with Crippen LogP contribution in [0.25, 0.3) is 17.0 Å². The molecule has 1 aromatic carbocycles. The Balaban J connectivity index is 1.54. The Morgan fingerprint density at radius 2 is 1.73 bits per heavy atom. The van der Waals surface area contributed by atoms with E-state index in [1.54, 1.807) is 6.92 Å². The minimum absolute atomic E-state index is 0.243. The van der Waals surface area contributed by atoms with Gasteiger partial charge in [0.25, 0.3) is 11.8 Å². The maximum atomic E-state index is 14.0. The fraction of sp³-hybridized carbons (Fsp3) is 0.559. The topological polar surface area (TPSA) is 150 Å². The lowest BCUT2D eigenvalue weighted by molar-refractivity contribution is -0.169. The number of rotatable bonds is 2. The first-order chi connectivity index (χ1) is 21.5. The van der Waals surface area contributed by atoms with Crippen LogP contribution in [0.4, 0.5) is 0 Å². The van der Waals surface area contributed by atoms with Gasteiger partial charge in [0, 0.05) is 17.8 Å². The van der Waals surface area contributed by atoms with Crippen molar-refractivity contribution in [3.05, 3.63) is 47.7 Å². The second kappa shape index (κ2) is 13.7. The molecular weight excluding hydrogens is 574 g/mol. The average Bonchev–Trinajstić information content (AvgIpc) is 3.05. The van der Waals surface area contributed by atoms with Crippen LogP contribution in [-0.2, 0) is 23.9 Å². The molecule has 1 aromatic heterocycles. The Bertz CT molecular complexity index is 1470. The number of esters is 1. The van der Waals surface area contributed by atoms with Gasteiger partial charge >= 0.3 is 5.97 Å². The van der Waals surface area contributed by atoms with Crippen molar-refractivity contribution in [3.8, 4) is 0 Å². The predicted molar refractivity (Wildman–Crippen MR) is 169 cm³/mol. The molecule has 0 unspecified atom stereocenters. The second-order valence-corrected chi connectivity index (χ2v) is 12.9. The number of carbonyl (C=O) groups excluding carboxylic acids is 4. The molecule has 1 saturated heterocycles. The van der Waals surface area contributed by atoms with Gasteiger partial charge in [-0.2, -0.15) is 0 Å². The summed E-state index contributed by atoms with van der Waals surface area (Å²) in [7, 11) is 0. The van der Waals surface area contributed by atoms with Crippen molar-refractivity contribution in [1.82, 2.24) is 26.1 Å². The van der Waals surface area contributed by atoms with E-state index >= 15 is 0 Å². The Hall–Kier alpha value is -3.83. The third-order valence-corrected chi connectivity index (χ3v) is 9.54. The highest BCUT2D eigenvalue weighted by atomic mass is 16.6. The number of hydrazine groups is 1. The van der Waals surface area contributed by atoms with Gasteiger partial charge < -0.3 is 20.5 Å². The molecule has 2 fully saturated rings. The number of amides is 3. The number of hydrogen-bond donors (Lipinski definition) is 4. The monoisotopic (exact) mass is 619 g/mol. The summed E-state index contributed by atoms with van der Waals surface area (Å²) in [4.78, 5) is 59.1. The van der Waals surface area contributed by atoms with Gasteiger partial charge in [0.05, 0.1) is 28.8 Å². The first kappa shape index (κ1) is 32.6. The Morgan fingerprint density at radius 3 is 2.47 bits per heavy atom. The van der Waals surface area contributed by atoms with E-state index in [0.717, 1.165) is 16.5 Å². The fourth-order valence-corrected chi connectivity index (χ4v) is 6.30. The van der Waals surface area contributed by atoms with Crippen molar-refractivity contribution < 1.29 is 29.0 Å². The van der Waals surface area contributed by atoms with Crippen molar-refractivity contribution in [2.45, 2.75) is 103 Å². The van der Waals surface area contributed by atoms with Crippen molar-refractivity contribution in [2.24, 2.45) is 11.3 Å². The zero-order valence-electron chi connectivity index (χ0n) is 26.5. The maximum absolute atomic E-state index is 14.0. The number of aliphatic hydroxyl groups is 1. The maximum Gasteiger partial charge on any atom is 0.316 e. The van der Waals surface area contributed by atoms with Crippen LogP contribution in [0.3, 0.4) is 0 Å². The van der Waals surface area contributed by atoms with Gasteiger partial charge in [-0.1, -0.05) is 44.2 Å². The van der Waals surface area contributed by atoms with E-state index in [9.17, 15) is 24.3 Å². The number of carbonyl (C=O) groups is 4. The molecule has 2 aliphatic heterocycles. The number of aliphatic hydroxyl groups excluding tert-OH is 1. The lowest BCUT2D eigenvalue weighted by Gasteiger charge is -2.37. The molecule has 3 aliphatic rings. The summed E-state index contributed by atoms with van der Waals surface area (Å²) >= 11 is 0. The molecule has 2 aromatic rings. The standard InChI is InChI=1S/C34H45N5O6/c1-5-20(2)29-31(42)36-22(4)32(43)39-18-6-7-27(38-39)30(41)35-21(3)26-11-10-24-9-8-23(19-28(24)37-26)12-15-34(33(44)45-29)16-13-25(40)14-17-34/h8-12,15,19-22,25,27,29,38,40H,5-7,13-14,16-18H2,1-4H3,(H,35,41)(H,36,42)/b15-12+/t20-,21+,22-,25?,27-,29-,34?/m0/s1. The zero-order chi connectivity index (χ0) is 32.3. The van der Waals surface area contributed by atoms with Crippen LogP contribution in [0.1, 0.15) is 89.9 Å². The molecule has 5 atom stereocenters. The number of hydrogen-bond acceptors (Lipinski definition) is 8. The van der Waals surface area contributed by atoms with Crippen molar-refractivity contribution in [3.63, 3.8) is 0 Å². The van der Waals surface area contributed by atoms with Crippen LogP contribution in [-0.4, -0.2) is 69.6 Å². The first-order valence-corrected chi connectivity index (χ1v) is 16.2. The number of nitrogens with one attached hydrogen (secondary N) is 3. The van der Waals surface area contributed by atoms with E-state index in [0.29, 0.717) is 57.2 Å². The smallest absolute Gasteiger partial charge is 0.316 e. The second-order valence-electron chi connectivity index (χ2n) is 12.9. The zero-order valence-corrected chi connectivity index (χ0v) is 26.5. The SMILES string of the molecule is CC[C@H](C)[C@@H]1OC(=O)C2(/C=C/c3ccc4ccc(nc4c3)[C@@H](C)NC(=O)[C@@H]3CCCN(N3)C(=O)[C@H](C)NC1=O)CCC(O)CC2. The van der Waals surface area contributed by atoms with Crippen LogP contribution >= 0.6 is 0 Å². The van der Waals surface area contributed by atoms with Crippen molar-refractivity contribution in [1.29, 1.82) is 0 Å². The summed E-state index contributed by atoms with van der Waals surface area (Å²) in [6.45, 7) is 7.59. The van der Waals surface area contributed by atoms with E-state index in [1.807, 2.05) is 63.3 Å². The van der Waals surface area contributed by atoms with Gasteiger partial charge in [-0.25, -0.2) is 5.43 Å².